The van der Waals surface area contributed by atoms with Gasteiger partial charge in [-0.2, -0.15) is 0 Å². The molecule has 1 N–H and O–H groups in total. The van der Waals surface area contributed by atoms with E-state index in [1.807, 2.05) is 35.0 Å². The Morgan fingerprint density at radius 1 is 1.11 bits per heavy atom. The van der Waals surface area contributed by atoms with E-state index in [1.54, 1.807) is 24.3 Å². The molecule has 3 aromatic rings. The lowest BCUT2D eigenvalue weighted by atomic mass is 10.1. The highest BCUT2D eigenvalue weighted by Crippen LogP contribution is 2.19. The Bertz CT molecular complexity index is 681. The van der Waals surface area contributed by atoms with Crippen LogP contribution in [0.15, 0.2) is 54.9 Å². The maximum absolute atomic E-state index is 10.8. The van der Waals surface area contributed by atoms with Crippen LogP contribution >= 0.6 is 0 Å². The molecule has 0 unspecified atom stereocenters. The Labute approximate surface area is 103 Å². The quantitative estimate of drug-likeness (QED) is 0.746. The monoisotopic (exact) mass is 238 g/mol. The first-order valence-electron chi connectivity index (χ1n) is 5.51. The number of fused-ring (bicyclic) bond motifs is 1. The Hall–Kier alpha value is -2.62. The van der Waals surface area contributed by atoms with E-state index in [0.29, 0.717) is 0 Å². The zero-order valence-corrected chi connectivity index (χ0v) is 9.45. The van der Waals surface area contributed by atoms with Crippen LogP contribution in [0.1, 0.15) is 10.4 Å². The van der Waals surface area contributed by atoms with Crippen LogP contribution in [0, 0.1) is 0 Å². The summed E-state index contributed by atoms with van der Waals surface area (Å²) in [6, 6.07) is 12.5. The van der Waals surface area contributed by atoms with Crippen LogP contribution in [0.25, 0.3) is 16.9 Å². The molecule has 1 aromatic carbocycles. The molecule has 0 aliphatic rings. The van der Waals surface area contributed by atoms with Crippen LogP contribution in [0.2, 0.25) is 0 Å². The molecule has 0 spiro atoms. The Kier molecular flexibility index (Phi) is 2.34. The normalized spacial score (nSPS) is 10.7. The topological polar surface area (TPSA) is 54.6 Å². The lowest BCUT2D eigenvalue weighted by molar-refractivity contribution is 0.0697. The van der Waals surface area contributed by atoms with Crippen molar-refractivity contribution in [3.63, 3.8) is 0 Å². The predicted octanol–water partition coefficient (Wildman–Crippen LogP) is 2.70. The largest absolute Gasteiger partial charge is 0.478 e. The summed E-state index contributed by atoms with van der Waals surface area (Å²) in [6.07, 6.45) is 3.85. The molecule has 88 valence electrons. The van der Waals surface area contributed by atoms with Gasteiger partial charge in [-0.3, -0.25) is 0 Å². The van der Waals surface area contributed by atoms with E-state index in [4.69, 9.17) is 5.11 Å². The van der Waals surface area contributed by atoms with Gasteiger partial charge in [-0.25, -0.2) is 9.78 Å². The van der Waals surface area contributed by atoms with Crippen molar-refractivity contribution in [3.8, 4) is 11.3 Å². The smallest absolute Gasteiger partial charge is 0.335 e. The number of pyridine rings is 1. The molecule has 0 aliphatic carbocycles. The van der Waals surface area contributed by atoms with Crippen molar-refractivity contribution >= 4 is 11.6 Å². The molecular weight excluding hydrogens is 228 g/mol. The summed E-state index contributed by atoms with van der Waals surface area (Å²) in [5, 5.41) is 8.84. The van der Waals surface area contributed by atoms with Crippen LogP contribution < -0.4 is 0 Å². The minimum Gasteiger partial charge on any atom is -0.478 e. The maximum atomic E-state index is 10.8. The first-order chi connectivity index (χ1) is 8.74. The number of aromatic carboxylic acids is 1. The van der Waals surface area contributed by atoms with Gasteiger partial charge in [0.25, 0.3) is 0 Å². The zero-order valence-electron chi connectivity index (χ0n) is 9.45. The molecule has 0 aliphatic heterocycles. The number of nitrogens with zero attached hydrogens (tertiary/aromatic N) is 2. The molecule has 0 saturated carbocycles. The third-order valence-corrected chi connectivity index (χ3v) is 2.79. The molecule has 0 radical (unpaired) electrons. The SMILES string of the molecule is O=C(O)c1ccc(-c2cn3ccccc3n2)cc1. The van der Waals surface area contributed by atoms with Crippen molar-refractivity contribution in [2.24, 2.45) is 0 Å². The first kappa shape index (κ1) is 10.5. The molecule has 18 heavy (non-hydrogen) atoms. The average Bonchev–Trinajstić information content (AvgIpc) is 2.82. The highest BCUT2D eigenvalue weighted by Gasteiger charge is 2.06. The Balaban J connectivity index is 2.06. The molecule has 0 saturated heterocycles. The number of carbonyl (C=O) groups is 1. The third-order valence-electron chi connectivity index (χ3n) is 2.79. The highest BCUT2D eigenvalue weighted by molar-refractivity contribution is 5.88. The minimum atomic E-state index is -0.920. The standard InChI is InChI=1S/C14H10N2O2/c17-14(18)11-6-4-10(5-7-11)12-9-16-8-2-1-3-13(16)15-12/h1-9H,(H,17,18). The number of hydrogen-bond donors (Lipinski definition) is 1. The Morgan fingerprint density at radius 2 is 1.89 bits per heavy atom. The molecule has 2 heterocycles. The summed E-state index contributed by atoms with van der Waals surface area (Å²) in [4.78, 5) is 15.2. The minimum absolute atomic E-state index is 0.280. The molecule has 2 aromatic heterocycles. The van der Waals surface area contributed by atoms with Gasteiger partial charge in [-0.15, -0.1) is 0 Å². The number of imidazole rings is 1. The Morgan fingerprint density at radius 3 is 2.56 bits per heavy atom. The molecule has 4 nitrogen and oxygen atoms in total. The lowest BCUT2D eigenvalue weighted by Crippen LogP contribution is -1.94. The van der Waals surface area contributed by atoms with Crippen molar-refractivity contribution in [2.75, 3.05) is 0 Å². The summed E-state index contributed by atoms with van der Waals surface area (Å²) in [5.41, 5.74) is 2.89. The highest BCUT2D eigenvalue weighted by atomic mass is 16.4. The first-order valence-corrected chi connectivity index (χ1v) is 5.51. The molecule has 0 atom stereocenters. The third kappa shape index (κ3) is 1.73. The van der Waals surface area contributed by atoms with Crippen molar-refractivity contribution in [1.29, 1.82) is 0 Å². The van der Waals surface area contributed by atoms with Crippen LogP contribution in [0.5, 0.6) is 0 Å². The number of benzene rings is 1. The number of carboxylic acid groups (broad SMARTS) is 1. The average molecular weight is 238 g/mol. The van der Waals surface area contributed by atoms with Gasteiger partial charge in [0.15, 0.2) is 0 Å². The summed E-state index contributed by atoms with van der Waals surface area (Å²) in [7, 11) is 0. The van der Waals surface area contributed by atoms with E-state index in [2.05, 4.69) is 4.98 Å². The van der Waals surface area contributed by atoms with Crippen LogP contribution in [0.3, 0.4) is 0 Å². The van der Waals surface area contributed by atoms with E-state index >= 15 is 0 Å². The molecular formula is C14H10N2O2. The number of rotatable bonds is 2. The fourth-order valence-electron chi connectivity index (χ4n) is 1.86. The molecule has 4 heteroatoms. The second-order valence-corrected chi connectivity index (χ2v) is 3.97. The van der Waals surface area contributed by atoms with Crippen molar-refractivity contribution in [3.05, 3.63) is 60.4 Å². The molecule has 0 bridgehead atoms. The predicted molar refractivity (Wildman–Crippen MR) is 67.6 cm³/mol. The lowest BCUT2D eigenvalue weighted by Gasteiger charge is -1.97. The second kappa shape index (κ2) is 4.00. The van der Waals surface area contributed by atoms with Gasteiger partial charge < -0.3 is 9.51 Å². The van der Waals surface area contributed by atoms with Gasteiger partial charge in [0.1, 0.15) is 5.65 Å². The van der Waals surface area contributed by atoms with Gasteiger partial charge in [0.05, 0.1) is 11.3 Å². The fourth-order valence-corrected chi connectivity index (χ4v) is 1.86. The van der Waals surface area contributed by atoms with E-state index in [1.165, 1.54) is 0 Å². The summed E-state index contributed by atoms with van der Waals surface area (Å²) >= 11 is 0. The van der Waals surface area contributed by atoms with Crippen molar-refractivity contribution in [1.82, 2.24) is 9.38 Å². The van der Waals surface area contributed by atoms with Crippen LogP contribution in [0.4, 0.5) is 0 Å². The van der Waals surface area contributed by atoms with Gasteiger partial charge in [0, 0.05) is 18.0 Å². The van der Waals surface area contributed by atoms with E-state index in [-0.39, 0.29) is 5.56 Å². The van der Waals surface area contributed by atoms with Crippen LogP contribution in [-0.2, 0) is 0 Å². The van der Waals surface area contributed by atoms with Gasteiger partial charge in [0.2, 0.25) is 0 Å². The number of hydrogen-bond acceptors (Lipinski definition) is 2. The van der Waals surface area contributed by atoms with Gasteiger partial charge in [-0.1, -0.05) is 18.2 Å². The molecule has 0 amide bonds. The fraction of sp³-hybridized carbons (Fsp3) is 0. The summed E-state index contributed by atoms with van der Waals surface area (Å²) in [6.45, 7) is 0. The maximum Gasteiger partial charge on any atom is 0.335 e. The van der Waals surface area contributed by atoms with Gasteiger partial charge in [-0.05, 0) is 24.3 Å². The summed E-state index contributed by atoms with van der Waals surface area (Å²) < 4.78 is 1.93. The zero-order chi connectivity index (χ0) is 12.5. The van der Waals surface area contributed by atoms with Crippen molar-refractivity contribution < 1.29 is 9.90 Å². The number of carboxylic acids is 1. The van der Waals surface area contributed by atoms with Gasteiger partial charge >= 0.3 is 5.97 Å². The molecule has 0 fully saturated rings. The second-order valence-electron chi connectivity index (χ2n) is 3.97. The van der Waals surface area contributed by atoms with E-state index in [0.717, 1.165) is 16.9 Å². The van der Waals surface area contributed by atoms with Crippen LogP contribution in [-0.4, -0.2) is 20.5 Å². The number of aromatic nitrogens is 2. The molecule has 3 rings (SSSR count). The van der Waals surface area contributed by atoms with E-state index in [9.17, 15) is 4.79 Å². The van der Waals surface area contributed by atoms with Crippen molar-refractivity contribution in [2.45, 2.75) is 0 Å². The van der Waals surface area contributed by atoms with E-state index < -0.39 is 5.97 Å². The summed E-state index contributed by atoms with van der Waals surface area (Å²) in [5.74, 6) is -0.920.